The van der Waals surface area contributed by atoms with Crippen molar-refractivity contribution in [3.63, 3.8) is 0 Å². The van der Waals surface area contributed by atoms with Crippen LogP contribution in [0.1, 0.15) is 50.5 Å². The second-order valence-electron chi connectivity index (χ2n) is 3.90. The van der Waals surface area contributed by atoms with E-state index in [2.05, 4.69) is 9.47 Å². The Balaban J connectivity index is -0.0000000331. The lowest BCUT2D eigenvalue weighted by atomic mass is 10.2. The highest BCUT2D eigenvalue weighted by Gasteiger charge is 2.10. The number of hydrogen-bond acceptors (Lipinski definition) is 8. The summed E-state index contributed by atoms with van der Waals surface area (Å²) < 4.78 is 8.81. The molecule has 0 rings (SSSR count). The molecular formula is C16H40O11. The second-order valence-corrected chi connectivity index (χ2v) is 3.90. The average Bonchev–Trinajstić information content (AvgIpc) is 2.45. The summed E-state index contributed by atoms with van der Waals surface area (Å²) in [5, 5.41) is 30.8. The fraction of sp³-hybridized carbons (Fsp3) is 0.750. The number of aliphatic hydroxyl groups is 2. The van der Waals surface area contributed by atoms with E-state index in [4.69, 9.17) is 25.2 Å². The fourth-order valence-corrected chi connectivity index (χ4v) is 0.356. The molecule has 0 heterocycles. The quantitative estimate of drug-likeness (QED) is 0.467. The van der Waals surface area contributed by atoms with Gasteiger partial charge in [-0.15, -0.1) is 0 Å². The highest BCUT2D eigenvalue weighted by atomic mass is 16.6. The number of methoxy groups -OCH3 is 1. The Morgan fingerprint density at radius 2 is 1.22 bits per heavy atom. The number of rotatable bonds is 5. The summed E-state index contributed by atoms with van der Waals surface area (Å²) in [6.07, 6.45) is -1.23. The summed E-state index contributed by atoms with van der Waals surface area (Å²) in [5.41, 5.74) is 0. The molecule has 0 spiro atoms. The average molecular weight is 408 g/mol. The van der Waals surface area contributed by atoms with E-state index in [0.29, 0.717) is 0 Å². The van der Waals surface area contributed by atoms with Crippen LogP contribution in [0.3, 0.4) is 0 Å². The van der Waals surface area contributed by atoms with Crippen LogP contribution >= 0.6 is 0 Å². The summed E-state index contributed by atoms with van der Waals surface area (Å²) in [5.74, 6) is -3.52. The van der Waals surface area contributed by atoms with E-state index in [0.717, 1.165) is 0 Å². The zero-order chi connectivity index (χ0) is 18.3. The zero-order valence-electron chi connectivity index (χ0n) is 13.3. The SMILES string of the molecule is C.C.C.C.CC(O)C(=O)O.COC(=O)COC(=O)C(C)C.O.O=C(O)CO. The topological polar surface area (TPSA) is 199 Å². The van der Waals surface area contributed by atoms with Crippen LogP contribution in [0, 0.1) is 5.92 Å². The molecule has 0 bridgehead atoms. The number of ether oxygens (including phenoxy) is 2. The van der Waals surface area contributed by atoms with Gasteiger partial charge in [0.15, 0.2) is 6.61 Å². The van der Waals surface area contributed by atoms with Gasteiger partial charge in [-0.05, 0) is 6.92 Å². The van der Waals surface area contributed by atoms with Crippen molar-refractivity contribution in [3.8, 4) is 0 Å². The van der Waals surface area contributed by atoms with Crippen molar-refractivity contribution in [1.82, 2.24) is 0 Å². The summed E-state index contributed by atoms with van der Waals surface area (Å²) in [6.45, 7) is 3.51. The predicted octanol–water partition coefficient (Wildman–Crippen LogP) is 0.593. The van der Waals surface area contributed by atoms with Gasteiger partial charge in [0.2, 0.25) is 0 Å². The molecule has 0 amide bonds. The van der Waals surface area contributed by atoms with E-state index >= 15 is 0 Å². The molecule has 0 aliphatic heterocycles. The third-order valence-corrected chi connectivity index (χ3v) is 1.52. The van der Waals surface area contributed by atoms with Gasteiger partial charge in [-0.25, -0.2) is 14.4 Å². The van der Waals surface area contributed by atoms with Crippen molar-refractivity contribution in [2.45, 2.75) is 56.6 Å². The highest BCUT2D eigenvalue weighted by Crippen LogP contribution is 1.95. The van der Waals surface area contributed by atoms with Gasteiger partial charge in [-0.3, -0.25) is 4.79 Å². The highest BCUT2D eigenvalue weighted by molar-refractivity contribution is 5.77. The largest absolute Gasteiger partial charge is 0.480 e. The number of esters is 2. The predicted molar refractivity (Wildman–Crippen MR) is 102 cm³/mol. The van der Waals surface area contributed by atoms with E-state index in [9.17, 15) is 14.4 Å². The minimum Gasteiger partial charge on any atom is -0.480 e. The maximum atomic E-state index is 10.7. The molecule has 6 N–H and O–H groups in total. The first kappa shape index (κ1) is 49.8. The number of carboxylic acids is 2. The normalized spacial score (nSPS) is 8.26. The molecule has 0 aliphatic rings. The van der Waals surface area contributed by atoms with Gasteiger partial charge >= 0.3 is 23.9 Å². The summed E-state index contributed by atoms with van der Waals surface area (Å²) in [7, 11) is 1.24. The maximum absolute atomic E-state index is 10.7. The first-order chi connectivity index (χ1) is 9.99. The first-order valence-electron chi connectivity index (χ1n) is 5.96. The van der Waals surface area contributed by atoms with Crippen LogP contribution in [0.4, 0.5) is 0 Å². The van der Waals surface area contributed by atoms with Gasteiger partial charge in [-0.1, -0.05) is 43.6 Å². The zero-order valence-corrected chi connectivity index (χ0v) is 13.3. The van der Waals surface area contributed by atoms with Crippen LogP contribution in [0.2, 0.25) is 0 Å². The molecule has 11 nitrogen and oxygen atoms in total. The van der Waals surface area contributed by atoms with Gasteiger partial charge in [0, 0.05) is 0 Å². The Bertz CT molecular complexity index is 352. The lowest BCUT2D eigenvalue weighted by Gasteiger charge is -2.04. The smallest absolute Gasteiger partial charge is 0.344 e. The van der Waals surface area contributed by atoms with Crippen LogP contribution in [0.15, 0.2) is 0 Å². The lowest BCUT2D eigenvalue weighted by Crippen LogP contribution is -2.18. The lowest BCUT2D eigenvalue weighted by molar-refractivity contribution is -0.159. The molecule has 0 aromatic carbocycles. The fourth-order valence-electron chi connectivity index (χ4n) is 0.356. The molecule has 0 fully saturated rings. The van der Waals surface area contributed by atoms with Crippen molar-refractivity contribution < 1.29 is 54.6 Å². The number of carboxylic acid groups (broad SMARTS) is 2. The second kappa shape index (κ2) is 31.5. The molecule has 0 aromatic rings. The number of carbonyl (C=O) groups excluding carboxylic acids is 2. The molecule has 0 radical (unpaired) electrons. The van der Waals surface area contributed by atoms with Crippen molar-refractivity contribution in [3.05, 3.63) is 0 Å². The van der Waals surface area contributed by atoms with E-state index in [1.165, 1.54) is 14.0 Å². The molecule has 0 aromatic heterocycles. The maximum Gasteiger partial charge on any atom is 0.344 e. The third-order valence-electron chi connectivity index (χ3n) is 1.52. The summed E-state index contributed by atoms with van der Waals surface area (Å²) in [4.78, 5) is 39.7. The minimum atomic E-state index is -1.23. The van der Waals surface area contributed by atoms with Crippen LogP contribution in [0.5, 0.6) is 0 Å². The van der Waals surface area contributed by atoms with Gasteiger partial charge in [0.25, 0.3) is 0 Å². The van der Waals surface area contributed by atoms with Crippen LogP contribution in [0.25, 0.3) is 0 Å². The van der Waals surface area contributed by atoms with E-state index in [1.54, 1.807) is 13.8 Å². The van der Waals surface area contributed by atoms with Gasteiger partial charge < -0.3 is 35.4 Å². The Morgan fingerprint density at radius 1 is 0.926 bits per heavy atom. The molecule has 0 saturated heterocycles. The van der Waals surface area contributed by atoms with Gasteiger partial charge in [0.05, 0.1) is 13.0 Å². The molecule has 1 unspecified atom stereocenters. The van der Waals surface area contributed by atoms with Crippen LogP contribution in [-0.2, 0) is 28.7 Å². The van der Waals surface area contributed by atoms with Gasteiger partial charge in [-0.2, -0.15) is 0 Å². The number of aliphatic carboxylic acids is 2. The Labute approximate surface area is 162 Å². The third kappa shape index (κ3) is 51.6. The van der Waals surface area contributed by atoms with Crippen molar-refractivity contribution >= 4 is 23.9 Å². The monoisotopic (exact) mass is 408 g/mol. The molecule has 0 saturated carbocycles. The molecule has 1 atom stereocenters. The van der Waals surface area contributed by atoms with E-state index in [1.807, 2.05) is 0 Å². The Hall–Kier alpha value is -2.24. The van der Waals surface area contributed by atoms with Gasteiger partial charge in [0.1, 0.15) is 12.7 Å². The van der Waals surface area contributed by atoms with Crippen LogP contribution in [-0.4, -0.2) is 76.2 Å². The Morgan fingerprint density at radius 3 is 1.37 bits per heavy atom. The molecule has 27 heavy (non-hydrogen) atoms. The Kier molecular flexibility index (Phi) is 58.1. The van der Waals surface area contributed by atoms with Crippen molar-refractivity contribution in [2.75, 3.05) is 20.3 Å². The standard InChI is InChI=1S/C7H12O4.C3H6O3.C2H4O3.4CH4.H2O/c1-5(2)7(9)11-4-6(8)10-3;1-2(4)3(5)6;3-1-2(4)5;;;;;/h5H,4H2,1-3H3;2,4H,1H3,(H,5,6);3H,1H2,(H,4,5);4*1H4;1H2. The summed E-state index contributed by atoms with van der Waals surface area (Å²) >= 11 is 0. The van der Waals surface area contributed by atoms with Crippen LogP contribution < -0.4 is 0 Å². The van der Waals surface area contributed by atoms with E-state index in [-0.39, 0.29) is 47.7 Å². The molecule has 0 aliphatic carbocycles. The van der Waals surface area contributed by atoms with E-state index < -0.39 is 36.6 Å². The molecule has 11 heteroatoms. The molecule has 170 valence electrons. The first-order valence-corrected chi connectivity index (χ1v) is 5.96. The van der Waals surface area contributed by atoms with Crippen molar-refractivity contribution in [2.24, 2.45) is 5.92 Å². The number of carbonyl (C=O) groups is 4. The van der Waals surface area contributed by atoms with Crippen molar-refractivity contribution in [1.29, 1.82) is 0 Å². The number of hydrogen-bond donors (Lipinski definition) is 4. The number of aliphatic hydroxyl groups excluding tert-OH is 2. The molecular weight excluding hydrogens is 368 g/mol. The minimum absolute atomic E-state index is 0. The summed E-state index contributed by atoms with van der Waals surface area (Å²) in [6, 6.07) is 0.